The molecule has 0 bridgehead atoms. The third-order valence-electron chi connectivity index (χ3n) is 5.83. The van der Waals surface area contributed by atoms with Crippen LogP contribution in [-0.4, -0.2) is 42.2 Å². The Bertz CT molecular complexity index is 1390. The van der Waals surface area contributed by atoms with E-state index in [4.69, 9.17) is 25.8 Å². The summed E-state index contributed by atoms with van der Waals surface area (Å²) < 4.78 is 44.9. The molecule has 0 heterocycles. The van der Waals surface area contributed by atoms with Crippen molar-refractivity contribution in [2.75, 3.05) is 37.5 Å². The standard InChI is InChI=1S/C27H31ClN2O6S/c1-17(2)21-9-7-8-18(3)27(21)29-26(31)16-30(22-14-19(28)10-12-23(22)34-4)37(32,33)20-11-13-24(35-5)25(15-20)36-6/h7-15,17H,16H2,1-6H3,(H,29,31). The van der Waals surface area contributed by atoms with Gasteiger partial charge >= 0.3 is 0 Å². The lowest BCUT2D eigenvalue weighted by molar-refractivity contribution is -0.114. The molecule has 0 aromatic heterocycles. The third-order valence-corrected chi connectivity index (χ3v) is 7.82. The van der Waals surface area contributed by atoms with Crippen molar-refractivity contribution in [3.8, 4) is 17.2 Å². The minimum Gasteiger partial charge on any atom is -0.495 e. The predicted octanol–water partition coefficient (Wildman–Crippen LogP) is 5.63. The summed E-state index contributed by atoms with van der Waals surface area (Å²) in [6.07, 6.45) is 0. The lowest BCUT2D eigenvalue weighted by atomic mass is 9.98. The van der Waals surface area contributed by atoms with Crippen molar-refractivity contribution in [2.45, 2.75) is 31.6 Å². The third kappa shape index (κ3) is 6.11. The molecule has 3 rings (SSSR count). The van der Waals surface area contributed by atoms with Gasteiger partial charge in [-0.3, -0.25) is 9.10 Å². The van der Waals surface area contributed by atoms with Crippen molar-refractivity contribution in [1.29, 1.82) is 0 Å². The molecule has 0 unspecified atom stereocenters. The van der Waals surface area contributed by atoms with Crippen LogP contribution < -0.4 is 23.8 Å². The minimum absolute atomic E-state index is 0.0984. The molecule has 0 saturated carbocycles. The second-order valence-corrected chi connectivity index (χ2v) is 10.9. The smallest absolute Gasteiger partial charge is 0.265 e. The summed E-state index contributed by atoms with van der Waals surface area (Å²) in [5, 5.41) is 3.20. The van der Waals surface area contributed by atoms with Gasteiger partial charge in [-0.15, -0.1) is 0 Å². The average molecular weight is 547 g/mol. The van der Waals surface area contributed by atoms with Crippen molar-refractivity contribution in [1.82, 2.24) is 0 Å². The molecule has 3 aromatic carbocycles. The van der Waals surface area contributed by atoms with E-state index >= 15 is 0 Å². The number of hydrogen-bond acceptors (Lipinski definition) is 6. The molecule has 0 fully saturated rings. The average Bonchev–Trinajstić information content (AvgIpc) is 2.87. The number of rotatable bonds is 10. The van der Waals surface area contributed by atoms with Gasteiger partial charge in [0.25, 0.3) is 10.0 Å². The molecule has 37 heavy (non-hydrogen) atoms. The Kier molecular flexibility index (Phi) is 8.94. The largest absolute Gasteiger partial charge is 0.495 e. The van der Waals surface area contributed by atoms with Crippen molar-refractivity contribution in [3.05, 3.63) is 70.7 Å². The van der Waals surface area contributed by atoms with Gasteiger partial charge in [0.2, 0.25) is 5.91 Å². The lowest BCUT2D eigenvalue weighted by Crippen LogP contribution is -2.38. The fourth-order valence-electron chi connectivity index (χ4n) is 3.91. The number of ether oxygens (including phenoxy) is 3. The molecule has 0 saturated heterocycles. The van der Waals surface area contributed by atoms with Crippen molar-refractivity contribution in [3.63, 3.8) is 0 Å². The number of benzene rings is 3. The first kappa shape index (κ1) is 28.1. The van der Waals surface area contributed by atoms with E-state index in [-0.39, 0.29) is 33.0 Å². The van der Waals surface area contributed by atoms with Crippen LogP contribution in [0.2, 0.25) is 5.02 Å². The summed E-state index contributed by atoms with van der Waals surface area (Å²) in [5.41, 5.74) is 2.59. The lowest BCUT2D eigenvalue weighted by Gasteiger charge is -2.26. The Labute approximate surface area is 223 Å². The van der Waals surface area contributed by atoms with E-state index in [2.05, 4.69) is 5.32 Å². The number of nitrogens with zero attached hydrogens (tertiary/aromatic N) is 1. The first-order chi connectivity index (χ1) is 17.5. The van der Waals surface area contributed by atoms with Gasteiger partial charge in [-0.25, -0.2) is 8.42 Å². The molecule has 0 atom stereocenters. The Balaban J connectivity index is 2.11. The Morgan fingerprint density at radius 1 is 0.946 bits per heavy atom. The van der Waals surface area contributed by atoms with E-state index in [1.165, 1.54) is 45.6 Å². The zero-order chi connectivity index (χ0) is 27.3. The number of hydrogen-bond donors (Lipinski definition) is 1. The van der Waals surface area contributed by atoms with Crippen LogP contribution in [0, 0.1) is 6.92 Å². The van der Waals surface area contributed by atoms with Crippen LogP contribution in [0.1, 0.15) is 30.9 Å². The summed E-state index contributed by atoms with van der Waals surface area (Å²) in [6.45, 7) is 5.41. The maximum absolute atomic E-state index is 14.0. The van der Waals surface area contributed by atoms with Gasteiger partial charge in [-0.05, 0) is 54.3 Å². The molecule has 0 aliphatic heterocycles. The highest BCUT2D eigenvalue weighted by atomic mass is 35.5. The first-order valence-electron chi connectivity index (χ1n) is 11.5. The number of sulfonamides is 1. The number of halogens is 1. The molecule has 0 spiro atoms. The van der Waals surface area contributed by atoms with Crippen LogP contribution in [0.3, 0.4) is 0 Å². The molecule has 8 nitrogen and oxygen atoms in total. The van der Waals surface area contributed by atoms with Crippen LogP contribution in [-0.2, 0) is 14.8 Å². The van der Waals surface area contributed by atoms with Crippen LogP contribution in [0.5, 0.6) is 17.2 Å². The number of methoxy groups -OCH3 is 3. The van der Waals surface area contributed by atoms with Gasteiger partial charge in [0.05, 0.1) is 31.9 Å². The van der Waals surface area contributed by atoms with E-state index in [9.17, 15) is 13.2 Å². The van der Waals surface area contributed by atoms with E-state index in [1.807, 2.05) is 39.0 Å². The monoisotopic (exact) mass is 546 g/mol. The Hall–Kier alpha value is -3.43. The minimum atomic E-state index is -4.29. The predicted molar refractivity (Wildman–Crippen MR) is 146 cm³/mol. The Morgan fingerprint density at radius 2 is 1.59 bits per heavy atom. The number of anilines is 2. The fraction of sp³-hybridized carbons (Fsp3) is 0.296. The zero-order valence-electron chi connectivity index (χ0n) is 21.7. The molecule has 0 aliphatic carbocycles. The summed E-state index contributed by atoms with van der Waals surface area (Å²) in [4.78, 5) is 13.3. The number of nitrogens with one attached hydrogen (secondary N) is 1. The fourth-order valence-corrected chi connectivity index (χ4v) is 5.52. The van der Waals surface area contributed by atoms with Gasteiger partial charge in [0, 0.05) is 16.8 Å². The second kappa shape index (κ2) is 11.7. The van der Waals surface area contributed by atoms with Gasteiger partial charge < -0.3 is 19.5 Å². The normalized spacial score (nSPS) is 11.2. The summed E-state index contributed by atoms with van der Waals surface area (Å²) in [6, 6.07) is 14.5. The molecule has 1 amide bonds. The molecular weight excluding hydrogens is 516 g/mol. The quantitative estimate of drug-likeness (QED) is 0.354. The van der Waals surface area contributed by atoms with Crippen LogP contribution in [0.25, 0.3) is 0 Å². The highest BCUT2D eigenvalue weighted by Crippen LogP contribution is 2.37. The molecule has 10 heteroatoms. The SMILES string of the molecule is COc1ccc(S(=O)(=O)N(CC(=O)Nc2c(C)cccc2C(C)C)c2cc(Cl)ccc2OC)cc1OC. The highest BCUT2D eigenvalue weighted by molar-refractivity contribution is 7.92. The van der Waals surface area contributed by atoms with Crippen molar-refractivity contribution < 1.29 is 27.4 Å². The molecule has 198 valence electrons. The van der Waals surface area contributed by atoms with Gasteiger partial charge in [-0.1, -0.05) is 43.6 Å². The molecule has 3 aromatic rings. The second-order valence-electron chi connectivity index (χ2n) is 8.59. The molecule has 0 aliphatic rings. The summed E-state index contributed by atoms with van der Waals surface area (Å²) >= 11 is 6.23. The van der Waals surface area contributed by atoms with Crippen LogP contribution in [0.4, 0.5) is 11.4 Å². The highest BCUT2D eigenvalue weighted by Gasteiger charge is 2.31. The number of carbonyl (C=O) groups excluding carboxylic acids is 1. The molecule has 0 radical (unpaired) electrons. The van der Waals surface area contributed by atoms with Crippen LogP contribution in [0.15, 0.2) is 59.5 Å². The number of carbonyl (C=O) groups is 1. The van der Waals surface area contributed by atoms with Gasteiger partial charge in [-0.2, -0.15) is 0 Å². The van der Waals surface area contributed by atoms with Crippen LogP contribution >= 0.6 is 11.6 Å². The summed E-state index contributed by atoms with van der Waals surface area (Å²) in [7, 11) is -0.00819. The van der Waals surface area contributed by atoms with Crippen molar-refractivity contribution in [2.24, 2.45) is 0 Å². The van der Waals surface area contributed by atoms with Gasteiger partial charge in [0.1, 0.15) is 12.3 Å². The molecule has 1 N–H and O–H groups in total. The molecular formula is C27H31ClN2O6S. The summed E-state index contributed by atoms with van der Waals surface area (Å²) in [5.74, 6) is 0.455. The maximum atomic E-state index is 14.0. The number of aryl methyl sites for hydroxylation is 1. The van der Waals surface area contributed by atoms with E-state index in [0.29, 0.717) is 11.4 Å². The van der Waals surface area contributed by atoms with Gasteiger partial charge in [0.15, 0.2) is 11.5 Å². The maximum Gasteiger partial charge on any atom is 0.265 e. The van der Waals surface area contributed by atoms with E-state index in [1.54, 1.807) is 12.1 Å². The van der Waals surface area contributed by atoms with E-state index < -0.39 is 22.5 Å². The van der Waals surface area contributed by atoms with E-state index in [0.717, 1.165) is 15.4 Å². The van der Waals surface area contributed by atoms with Crippen molar-refractivity contribution >= 4 is 38.9 Å². The number of amides is 1. The zero-order valence-corrected chi connectivity index (χ0v) is 23.2. The Morgan fingerprint density at radius 3 is 2.22 bits per heavy atom. The first-order valence-corrected chi connectivity index (χ1v) is 13.3. The number of para-hydroxylation sites is 1. The topological polar surface area (TPSA) is 94.2 Å².